The third-order valence-corrected chi connectivity index (χ3v) is 13.8. The first-order valence-electron chi connectivity index (χ1n) is 23.1. The number of hydrogen-bond donors (Lipinski definition) is 0. The van der Waals surface area contributed by atoms with Crippen molar-refractivity contribution in [3.8, 4) is 44.5 Å². The summed E-state index contributed by atoms with van der Waals surface area (Å²) in [4.78, 5) is 2.30. The van der Waals surface area contributed by atoms with Crippen LogP contribution in [0.3, 0.4) is 0 Å². The topological polar surface area (TPSA) is 33.9 Å². The molecule has 318 valence electrons. The van der Waals surface area contributed by atoms with Gasteiger partial charge in [-0.25, -0.2) is 0 Å². The molecule has 4 aromatic heterocycles. The Bertz CT molecular complexity index is 4160. The minimum atomic E-state index is 0.845. The van der Waals surface area contributed by atoms with Gasteiger partial charge >= 0.3 is 0 Å². The number of aromatic nitrogens is 1. The molecule has 0 aliphatic rings. The van der Waals surface area contributed by atoms with Gasteiger partial charge in [0.2, 0.25) is 0 Å². The normalized spacial score (nSPS) is 11.8. The summed E-state index contributed by atoms with van der Waals surface area (Å²) in [6.45, 7) is 0. The summed E-state index contributed by atoms with van der Waals surface area (Å²) < 4.78 is 15.2. The largest absolute Gasteiger partial charge is 0.456 e. The van der Waals surface area contributed by atoms with Crippen molar-refractivity contribution in [1.29, 1.82) is 0 Å². The van der Waals surface area contributed by atoms with Gasteiger partial charge in [0.25, 0.3) is 0 Å². The molecule has 4 heteroatoms. The molecule has 68 heavy (non-hydrogen) atoms. The second-order valence-electron chi connectivity index (χ2n) is 17.7. The van der Waals surface area contributed by atoms with Crippen LogP contribution in [0.25, 0.3) is 116 Å². The zero-order chi connectivity index (χ0) is 44.7. The number of anilines is 3. The molecule has 0 aliphatic heterocycles. The maximum absolute atomic E-state index is 6.42. The van der Waals surface area contributed by atoms with E-state index in [0.29, 0.717) is 0 Å². The second kappa shape index (κ2) is 15.2. The molecule has 0 saturated carbocycles. The van der Waals surface area contributed by atoms with E-state index in [0.717, 1.165) is 77.6 Å². The molecule has 0 atom stereocenters. The number of rotatable bonds is 7. The molecule has 0 radical (unpaired) electrons. The van der Waals surface area contributed by atoms with Crippen molar-refractivity contribution < 1.29 is 8.83 Å². The van der Waals surface area contributed by atoms with E-state index >= 15 is 0 Å². The fourth-order valence-electron chi connectivity index (χ4n) is 10.6. The molecule has 10 aromatic carbocycles. The molecule has 0 unspecified atom stereocenters. The van der Waals surface area contributed by atoms with E-state index in [9.17, 15) is 0 Å². The molecule has 4 nitrogen and oxygen atoms in total. The Morgan fingerprint density at radius 3 is 1.54 bits per heavy atom. The van der Waals surface area contributed by atoms with Crippen LogP contribution < -0.4 is 4.90 Å². The lowest BCUT2D eigenvalue weighted by atomic mass is 9.92. The Labute approximate surface area is 391 Å². The summed E-state index contributed by atoms with van der Waals surface area (Å²) in [5, 5.41) is 8.19. The standard InChI is InChI=1S/C64H40N2O2/c1-2-13-43(14-3-1)63-57-23-8-9-36-65(57)58-35-34-51-50(21-12-22-56(51)64(58)63)42-28-26-41(27-29-42)44-15-10-16-45(37-44)46-17-11-18-47(38-46)66(48-30-32-54-52-19-4-6-24-59(52)67-61(54)39-48)49-31-33-55-53-20-5-7-25-60(53)68-62(55)40-49/h1-40H. The predicted octanol–water partition coefficient (Wildman–Crippen LogP) is 18.2. The van der Waals surface area contributed by atoms with Crippen LogP contribution in [0.5, 0.6) is 0 Å². The quantitative estimate of drug-likeness (QED) is 0.160. The summed E-state index contributed by atoms with van der Waals surface area (Å²) >= 11 is 0. The fourth-order valence-corrected chi connectivity index (χ4v) is 10.6. The highest BCUT2D eigenvalue weighted by Crippen LogP contribution is 2.44. The van der Waals surface area contributed by atoms with Crippen LogP contribution in [0.4, 0.5) is 17.1 Å². The van der Waals surface area contributed by atoms with E-state index in [1.165, 1.54) is 55.0 Å². The molecule has 0 amide bonds. The molecule has 0 bridgehead atoms. The first kappa shape index (κ1) is 38.2. The van der Waals surface area contributed by atoms with Gasteiger partial charge < -0.3 is 18.1 Å². The minimum Gasteiger partial charge on any atom is -0.456 e. The molecular formula is C64H40N2O2. The maximum Gasteiger partial charge on any atom is 0.137 e. The Hall–Kier alpha value is -9.12. The number of para-hydroxylation sites is 2. The summed E-state index contributed by atoms with van der Waals surface area (Å²) in [5.41, 5.74) is 18.4. The highest BCUT2D eigenvalue weighted by Gasteiger charge is 2.20. The van der Waals surface area contributed by atoms with Gasteiger partial charge in [-0.15, -0.1) is 0 Å². The van der Waals surface area contributed by atoms with Crippen LogP contribution in [-0.4, -0.2) is 4.40 Å². The van der Waals surface area contributed by atoms with E-state index in [2.05, 4.69) is 228 Å². The van der Waals surface area contributed by atoms with Crippen LogP contribution in [-0.2, 0) is 0 Å². The van der Waals surface area contributed by atoms with Crippen molar-refractivity contribution in [3.05, 3.63) is 243 Å². The molecule has 14 rings (SSSR count). The monoisotopic (exact) mass is 868 g/mol. The highest BCUT2D eigenvalue weighted by molar-refractivity contribution is 6.21. The number of furan rings is 2. The highest BCUT2D eigenvalue weighted by atomic mass is 16.3. The van der Waals surface area contributed by atoms with Gasteiger partial charge in [0, 0.05) is 67.9 Å². The Morgan fingerprint density at radius 1 is 0.294 bits per heavy atom. The first-order valence-corrected chi connectivity index (χ1v) is 23.1. The van der Waals surface area contributed by atoms with Crippen LogP contribution >= 0.6 is 0 Å². The van der Waals surface area contributed by atoms with Gasteiger partial charge in [0.1, 0.15) is 22.3 Å². The van der Waals surface area contributed by atoms with Crippen LogP contribution in [0.2, 0.25) is 0 Å². The SMILES string of the molecule is c1ccc(-c2c3c4cccc(-c5ccc(-c6cccc(-c7cccc(N(c8ccc9c(c8)oc8ccccc89)c8ccc9c(c8)oc8ccccc89)c7)c6)cc5)c4ccc3n3ccccc23)cc1. The lowest BCUT2D eigenvalue weighted by Gasteiger charge is -2.26. The maximum atomic E-state index is 6.42. The number of pyridine rings is 1. The van der Waals surface area contributed by atoms with Crippen LogP contribution in [0.15, 0.2) is 252 Å². The van der Waals surface area contributed by atoms with Crippen LogP contribution in [0.1, 0.15) is 0 Å². The van der Waals surface area contributed by atoms with Crippen molar-refractivity contribution in [2.45, 2.75) is 0 Å². The van der Waals surface area contributed by atoms with Crippen molar-refractivity contribution in [1.82, 2.24) is 4.40 Å². The smallest absolute Gasteiger partial charge is 0.137 e. The van der Waals surface area contributed by atoms with Crippen LogP contribution in [0, 0.1) is 0 Å². The van der Waals surface area contributed by atoms with Gasteiger partial charge in [-0.3, -0.25) is 0 Å². The van der Waals surface area contributed by atoms with Gasteiger partial charge in [-0.1, -0.05) is 152 Å². The molecule has 0 N–H and O–H groups in total. The molecular weight excluding hydrogens is 829 g/mol. The van der Waals surface area contributed by atoms with Crippen molar-refractivity contribution >= 4 is 88.1 Å². The van der Waals surface area contributed by atoms with Crippen molar-refractivity contribution in [2.75, 3.05) is 4.90 Å². The Balaban J connectivity index is 0.833. The average molecular weight is 869 g/mol. The Kier molecular flexibility index (Phi) is 8.55. The van der Waals surface area contributed by atoms with Gasteiger partial charge in [-0.2, -0.15) is 0 Å². The molecule has 0 aliphatic carbocycles. The predicted molar refractivity (Wildman–Crippen MR) is 283 cm³/mol. The van der Waals surface area contributed by atoms with E-state index < -0.39 is 0 Å². The molecule has 14 aromatic rings. The van der Waals surface area contributed by atoms with Gasteiger partial charge in [0.05, 0.1) is 11.0 Å². The summed E-state index contributed by atoms with van der Waals surface area (Å²) in [6.07, 6.45) is 2.17. The van der Waals surface area contributed by atoms with E-state index in [1.54, 1.807) is 0 Å². The molecule has 4 heterocycles. The third-order valence-electron chi connectivity index (χ3n) is 13.8. The number of benzene rings is 10. The second-order valence-corrected chi connectivity index (χ2v) is 17.7. The average Bonchev–Trinajstić information content (AvgIpc) is 4.08. The van der Waals surface area contributed by atoms with E-state index in [-0.39, 0.29) is 0 Å². The van der Waals surface area contributed by atoms with Gasteiger partial charge in [-0.05, 0) is 123 Å². The fraction of sp³-hybridized carbons (Fsp3) is 0. The number of hydrogen-bond acceptors (Lipinski definition) is 3. The number of nitrogens with zero attached hydrogens (tertiary/aromatic N) is 2. The zero-order valence-electron chi connectivity index (χ0n) is 36.8. The third kappa shape index (κ3) is 6.08. The summed E-state index contributed by atoms with van der Waals surface area (Å²) in [5.74, 6) is 0. The first-order chi connectivity index (χ1) is 33.7. The van der Waals surface area contributed by atoms with E-state index in [1.807, 2.05) is 24.3 Å². The number of fused-ring (bicyclic) bond motifs is 11. The summed E-state index contributed by atoms with van der Waals surface area (Å²) in [6, 6.07) is 84.8. The van der Waals surface area contributed by atoms with Crippen molar-refractivity contribution in [3.63, 3.8) is 0 Å². The summed E-state index contributed by atoms with van der Waals surface area (Å²) in [7, 11) is 0. The van der Waals surface area contributed by atoms with E-state index in [4.69, 9.17) is 8.83 Å². The van der Waals surface area contributed by atoms with Crippen molar-refractivity contribution in [2.24, 2.45) is 0 Å². The zero-order valence-corrected chi connectivity index (χ0v) is 36.8. The minimum absolute atomic E-state index is 0.845. The lowest BCUT2D eigenvalue weighted by molar-refractivity contribution is 0.669. The molecule has 0 saturated heterocycles. The Morgan fingerprint density at radius 2 is 0.824 bits per heavy atom. The lowest BCUT2D eigenvalue weighted by Crippen LogP contribution is -2.09. The van der Waals surface area contributed by atoms with Gasteiger partial charge in [0.15, 0.2) is 0 Å². The molecule has 0 spiro atoms. The molecule has 0 fully saturated rings.